The molecule has 0 saturated heterocycles. The van der Waals surface area contributed by atoms with Crippen LogP contribution in [0.1, 0.15) is 5.56 Å². The summed E-state index contributed by atoms with van der Waals surface area (Å²) in [4.78, 5) is 11.3. The molecule has 2 N–H and O–H groups in total. The first-order valence-corrected chi connectivity index (χ1v) is 6.22. The maximum atomic E-state index is 12.5. The van der Waals surface area contributed by atoms with Gasteiger partial charge in [0.25, 0.3) is 0 Å². The molecule has 0 aliphatic heterocycles. The Hall–Kier alpha value is -1.29. The molecule has 0 unspecified atom stereocenters. The molecule has 21 heavy (non-hydrogen) atoms. The first-order chi connectivity index (χ1) is 9.47. The molecule has 0 atom stereocenters. The zero-order valence-electron chi connectivity index (χ0n) is 10.2. The molecule has 0 radical (unpaired) electrons. The number of nitrogens with one attached hydrogen (secondary N) is 2. The summed E-state index contributed by atoms with van der Waals surface area (Å²) in [6, 6.07) is 2.71. The lowest BCUT2D eigenvalue weighted by Gasteiger charge is -2.12. The zero-order valence-corrected chi connectivity index (χ0v) is 11.8. The summed E-state index contributed by atoms with van der Waals surface area (Å²) in [7, 11) is 0. The predicted molar refractivity (Wildman–Crippen MR) is 66.7 cm³/mol. The van der Waals surface area contributed by atoms with Gasteiger partial charge in [-0.15, -0.1) is 0 Å². The van der Waals surface area contributed by atoms with Gasteiger partial charge in [-0.1, -0.05) is 15.9 Å². The van der Waals surface area contributed by atoms with Gasteiger partial charge in [0.05, 0.1) is 18.7 Å². The van der Waals surface area contributed by atoms with Gasteiger partial charge in [0.2, 0.25) is 5.91 Å². The van der Waals surface area contributed by atoms with Gasteiger partial charge in [0, 0.05) is 10.2 Å². The average molecular weight is 379 g/mol. The first kappa shape index (κ1) is 17.8. The summed E-state index contributed by atoms with van der Waals surface area (Å²) < 4.78 is 73.3. The van der Waals surface area contributed by atoms with Gasteiger partial charge in [-0.3, -0.25) is 4.79 Å². The van der Waals surface area contributed by atoms with E-state index in [0.29, 0.717) is 6.07 Å². The van der Waals surface area contributed by atoms with Crippen molar-refractivity contribution in [3.63, 3.8) is 0 Å². The SMILES string of the molecule is O=C(CNCC(F)(F)F)Nc1cc(Br)cc(C(F)(F)F)c1. The van der Waals surface area contributed by atoms with Crippen molar-refractivity contribution in [1.29, 1.82) is 0 Å². The molecule has 1 aromatic carbocycles. The number of hydrogen-bond acceptors (Lipinski definition) is 2. The molecule has 1 amide bonds. The highest BCUT2D eigenvalue weighted by atomic mass is 79.9. The largest absolute Gasteiger partial charge is 0.416 e. The van der Waals surface area contributed by atoms with Crippen LogP contribution in [0.4, 0.5) is 32.0 Å². The van der Waals surface area contributed by atoms with Gasteiger partial charge < -0.3 is 10.6 Å². The molecule has 0 aromatic heterocycles. The van der Waals surface area contributed by atoms with Gasteiger partial charge in [0.1, 0.15) is 0 Å². The number of benzene rings is 1. The van der Waals surface area contributed by atoms with E-state index in [4.69, 9.17) is 0 Å². The van der Waals surface area contributed by atoms with Crippen molar-refractivity contribution in [3.05, 3.63) is 28.2 Å². The Morgan fingerprint density at radius 1 is 1.10 bits per heavy atom. The smallest absolute Gasteiger partial charge is 0.325 e. The summed E-state index contributed by atoms with van der Waals surface area (Å²) in [6.07, 6.45) is -9.07. The molecule has 0 fully saturated rings. The Kier molecular flexibility index (Phi) is 5.62. The highest BCUT2D eigenvalue weighted by molar-refractivity contribution is 9.10. The van der Waals surface area contributed by atoms with Gasteiger partial charge in [-0.05, 0) is 18.2 Å². The van der Waals surface area contributed by atoms with E-state index in [1.807, 2.05) is 5.32 Å². The van der Waals surface area contributed by atoms with E-state index in [9.17, 15) is 31.1 Å². The summed E-state index contributed by atoms with van der Waals surface area (Å²) in [5.41, 5.74) is -1.16. The number of carbonyl (C=O) groups is 1. The number of amides is 1. The van der Waals surface area contributed by atoms with Crippen LogP contribution in [0.3, 0.4) is 0 Å². The van der Waals surface area contributed by atoms with Crippen molar-refractivity contribution in [2.24, 2.45) is 0 Å². The Morgan fingerprint density at radius 2 is 1.71 bits per heavy atom. The normalized spacial score (nSPS) is 12.3. The molecule has 0 aliphatic rings. The number of rotatable bonds is 4. The maximum absolute atomic E-state index is 12.5. The second-order valence-corrected chi connectivity index (χ2v) is 4.91. The van der Waals surface area contributed by atoms with E-state index >= 15 is 0 Å². The molecule has 118 valence electrons. The van der Waals surface area contributed by atoms with E-state index in [1.165, 1.54) is 6.07 Å². The van der Waals surface area contributed by atoms with Crippen molar-refractivity contribution < 1.29 is 31.1 Å². The van der Waals surface area contributed by atoms with Crippen molar-refractivity contribution in [2.75, 3.05) is 18.4 Å². The Labute approximate surface area is 123 Å². The molecule has 0 saturated carbocycles. The van der Waals surface area contributed by atoms with E-state index in [2.05, 4.69) is 21.2 Å². The molecular formula is C11H9BrF6N2O. The summed E-state index contributed by atoms with van der Waals surface area (Å²) in [6.45, 7) is -2.04. The summed E-state index contributed by atoms with van der Waals surface area (Å²) >= 11 is 2.86. The minimum atomic E-state index is -4.60. The minimum Gasteiger partial charge on any atom is -0.325 e. The lowest BCUT2D eigenvalue weighted by Crippen LogP contribution is -2.35. The lowest BCUT2D eigenvalue weighted by atomic mass is 10.2. The fourth-order valence-corrected chi connectivity index (χ4v) is 1.84. The van der Waals surface area contributed by atoms with E-state index in [1.54, 1.807) is 0 Å². The van der Waals surface area contributed by atoms with Crippen molar-refractivity contribution in [3.8, 4) is 0 Å². The van der Waals surface area contributed by atoms with Crippen LogP contribution in [-0.2, 0) is 11.0 Å². The zero-order chi connectivity index (χ0) is 16.3. The van der Waals surface area contributed by atoms with Crippen LogP contribution in [0.25, 0.3) is 0 Å². The molecule has 0 heterocycles. The van der Waals surface area contributed by atoms with Crippen molar-refractivity contribution in [2.45, 2.75) is 12.4 Å². The molecule has 1 rings (SSSR count). The minimum absolute atomic E-state index is 0.0795. The third kappa shape index (κ3) is 6.80. The summed E-state index contributed by atoms with van der Waals surface area (Å²) in [5, 5.41) is 3.92. The van der Waals surface area contributed by atoms with Crippen molar-refractivity contribution in [1.82, 2.24) is 5.32 Å². The predicted octanol–water partition coefficient (Wildman–Crippen LogP) is 3.56. The molecule has 10 heteroatoms. The highest BCUT2D eigenvalue weighted by Crippen LogP contribution is 2.33. The van der Waals surface area contributed by atoms with Crippen LogP contribution in [0.15, 0.2) is 22.7 Å². The van der Waals surface area contributed by atoms with Gasteiger partial charge in [0.15, 0.2) is 0 Å². The second kappa shape index (κ2) is 6.65. The third-order valence-corrected chi connectivity index (χ3v) is 2.58. The Morgan fingerprint density at radius 3 is 2.24 bits per heavy atom. The number of hydrogen-bond donors (Lipinski definition) is 2. The number of anilines is 1. The highest BCUT2D eigenvalue weighted by Gasteiger charge is 2.31. The van der Waals surface area contributed by atoms with Crippen LogP contribution in [-0.4, -0.2) is 25.2 Å². The first-order valence-electron chi connectivity index (χ1n) is 5.42. The molecular weight excluding hydrogens is 370 g/mol. The molecule has 0 spiro atoms. The van der Waals surface area contributed by atoms with E-state index in [-0.39, 0.29) is 10.2 Å². The van der Waals surface area contributed by atoms with Crippen LogP contribution in [0.2, 0.25) is 0 Å². The molecule has 0 aliphatic carbocycles. The third-order valence-electron chi connectivity index (χ3n) is 2.12. The number of halogens is 7. The van der Waals surface area contributed by atoms with Crippen LogP contribution in [0, 0.1) is 0 Å². The van der Waals surface area contributed by atoms with Crippen LogP contribution >= 0.6 is 15.9 Å². The second-order valence-electron chi connectivity index (χ2n) is 3.99. The average Bonchev–Trinajstić information content (AvgIpc) is 2.24. The van der Waals surface area contributed by atoms with Gasteiger partial charge in [-0.25, -0.2) is 0 Å². The van der Waals surface area contributed by atoms with Gasteiger partial charge in [-0.2, -0.15) is 26.3 Å². The Bertz CT molecular complexity index is 514. The standard InChI is InChI=1S/C11H9BrF6N2O/c12-7-1-6(11(16,17)18)2-8(3-7)20-9(21)4-19-5-10(13,14)15/h1-3,19H,4-5H2,(H,20,21). The fraction of sp³-hybridized carbons (Fsp3) is 0.364. The van der Waals surface area contributed by atoms with Crippen LogP contribution < -0.4 is 10.6 Å². The quantitative estimate of drug-likeness (QED) is 0.786. The Balaban J connectivity index is 2.66. The fourth-order valence-electron chi connectivity index (χ4n) is 1.35. The maximum Gasteiger partial charge on any atom is 0.416 e. The number of carbonyl (C=O) groups excluding carboxylic acids is 1. The molecule has 0 bridgehead atoms. The number of alkyl halides is 6. The van der Waals surface area contributed by atoms with E-state index < -0.39 is 36.9 Å². The lowest BCUT2D eigenvalue weighted by molar-refractivity contribution is -0.137. The topological polar surface area (TPSA) is 41.1 Å². The monoisotopic (exact) mass is 378 g/mol. The van der Waals surface area contributed by atoms with Crippen LogP contribution in [0.5, 0.6) is 0 Å². The van der Waals surface area contributed by atoms with E-state index in [0.717, 1.165) is 6.07 Å². The molecule has 1 aromatic rings. The summed E-state index contributed by atoms with van der Waals surface area (Å²) in [5.74, 6) is -0.884. The molecule has 3 nitrogen and oxygen atoms in total. The van der Waals surface area contributed by atoms with Crippen molar-refractivity contribution >= 4 is 27.5 Å². The van der Waals surface area contributed by atoms with Gasteiger partial charge >= 0.3 is 12.4 Å².